The fraction of sp³-hybridized carbons (Fsp3) is 0.588. The van der Waals surface area contributed by atoms with E-state index in [-0.39, 0.29) is 11.8 Å². The molecule has 24 heavy (non-hydrogen) atoms. The van der Waals surface area contributed by atoms with E-state index < -0.39 is 18.8 Å². The number of anilines is 1. The largest absolute Gasteiger partial charge is 0.416 e. The number of fused-ring (bicyclic) bond motifs is 1. The minimum absolute atomic E-state index is 0.0787. The van der Waals surface area contributed by atoms with Crippen molar-refractivity contribution in [3.05, 3.63) is 29.8 Å². The predicted molar refractivity (Wildman–Crippen MR) is 83.9 cm³/mol. The fourth-order valence-electron chi connectivity index (χ4n) is 3.57. The number of hydrogen-bond acceptors (Lipinski definition) is 3. The lowest BCUT2D eigenvalue weighted by atomic mass is 9.98. The molecule has 1 fully saturated rings. The Morgan fingerprint density at radius 1 is 1.25 bits per heavy atom. The molecule has 132 valence electrons. The number of halogens is 3. The van der Waals surface area contributed by atoms with E-state index in [9.17, 15) is 23.1 Å². The van der Waals surface area contributed by atoms with Crippen molar-refractivity contribution in [3.63, 3.8) is 0 Å². The van der Waals surface area contributed by atoms with Gasteiger partial charge in [0.15, 0.2) is 6.10 Å². The molecule has 2 atom stereocenters. The first kappa shape index (κ1) is 17.1. The number of likely N-dealkylation sites (tertiary alicyclic amines) is 1. The lowest BCUT2D eigenvalue weighted by Crippen LogP contribution is -2.40. The summed E-state index contributed by atoms with van der Waals surface area (Å²) in [6, 6.07) is 7.37. The molecule has 1 amide bonds. The molecule has 2 aliphatic heterocycles. The third-order valence-corrected chi connectivity index (χ3v) is 4.85. The summed E-state index contributed by atoms with van der Waals surface area (Å²) in [6.07, 6.45) is -4.78. The van der Waals surface area contributed by atoms with Gasteiger partial charge in [-0.05, 0) is 24.5 Å². The number of nitrogens with zero attached hydrogens (tertiary/aromatic N) is 2. The Morgan fingerprint density at radius 3 is 2.67 bits per heavy atom. The van der Waals surface area contributed by atoms with Crippen LogP contribution in [0.1, 0.15) is 30.7 Å². The SMILES string of the molecule is O=C1CCCN1CC[C@@H]1CN(C[C@@H](O)C(F)(F)F)c2ccccc21. The Kier molecular flexibility index (Phi) is 4.71. The Morgan fingerprint density at radius 2 is 2.00 bits per heavy atom. The van der Waals surface area contributed by atoms with E-state index in [4.69, 9.17) is 0 Å². The second kappa shape index (κ2) is 6.63. The van der Waals surface area contributed by atoms with Gasteiger partial charge in [-0.2, -0.15) is 13.2 Å². The molecule has 3 rings (SSSR count). The number of β-amino-alcohol motifs (C(OH)–C–C–N with tert-alkyl or cyclic N) is 1. The number of carbonyl (C=O) groups excluding carboxylic acids is 1. The molecule has 0 radical (unpaired) electrons. The van der Waals surface area contributed by atoms with Crippen LogP contribution < -0.4 is 4.90 Å². The van der Waals surface area contributed by atoms with Crippen LogP contribution in [0.4, 0.5) is 18.9 Å². The zero-order valence-corrected chi connectivity index (χ0v) is 13.3. The van der Waals surface area contributed by atoms with Crippen molar-refractivity contribution in [2.45, 2.75) is 37.5 Å². The van der Waals surface area contributed by atoms with Crippen molar-refractivity contribution in [2.75, 3.05) is 31.1 Å². The molecule has 1 aromatic carbocycles. The van der Waals surface area contributed by atoms with E-state index in [1.807, 2.05) is 17.0 Å². The first-order chi connectivity index (χ1) is 11.4. The van der Waals surface area contributed by atoms with E-state index in [0.717, 1.165) is 30.6 Å². The van der Waals surface area contributed by atoms with Gasteiger partial charge in [-0.25, -0.2) is 0 Å². The van der Waals surface area contributed by atoms with Crippen LogP contribution in [0.2, 0.25) is 0 Å². The van der Waals surface area contributed by atoms with Gasteiger partial charge in [0.1, 0.15) is 0 Å². The number of aliphatic hydroxyl groups is 1. The molecule has 0 bridgehead atoms. The lowest BCUT2D eigenvalue weighted by molar-refractivity contribution is -0.200. The highest BCUT2D eigenvalue weighted by Crippen LogP contribution is 2.39. The Bertz CT molecular complexity index is 606. The summed E-state index contributed by atoms with van der Waals surface area (Å²) < 4.78 is 38.0. The van der Waals surface area contributed by atoms with Crippen molar-refractivity contribution >= 4 is 11.6 Å². The number of carbonyl (C=O) groups is 1. The number of amides is 1. The highest BCUT2D eigenvalue weighted by Gasteiger charge is 2.41. The van der Waals surface area contributed by atoms with E-state index in [2.05, 4.69) is 0 Å². The molecule has 1 N–H and O–H groups in total. The quantitative estimate of drug-likeness (QED) is 0.894. The van der Waals surface area contributed by atoms with Crippen LogP contribution in [0, 0.1) is 0 Å². The number of alkyl halides is 3. The summed E-state index contributed by atoms with van der Waals surface area (Å²) in [5.74, 6) is 0.237. The number of para-hydroxylation sites is 1. The minimum atomic E-state index is -4.62. The predicted octanol–water partition coefficient (Wildman–Crippen LogP) is 2.53. The van der Waals surface area contributed by atoms with Gasteiger partial charge < -0.3 is 14.9 Å². The topological polar surface area (TPSA) is 43.8 Å². The van der Waals surface area contributed by atoms with Crippen molar-refractivity contribution < 1.29 is 23.1 Å². The lowest BCUT2D eigenvalue weighted by Gasteiger charge is -2.25. The van der Waals surface area contributed by atoms with Crippen LogP contribution in [0.25, 0.3) is 0 Å². The van der Waals surface area contributed by atoms with Crippen molar-refractivity contribution in [1.29, 1.82) is 0 Å². The van der Waals surface area contributed by atoms with Crippen molar-refractivity contribution in [2.24, 2.45) is 0 Å². The molecule has 1 saturated heterocycles. The summed E-state index contributed by atoms with van der Waals surface area (Å²) in [7, 11) is 0. The van der Waals surface area contributed by atoms with E-state index in [1.165, 1.54) is 0 Å². The van der Waals surface area contributed by atoms with Gasteiger partial charge in [-0.3, -0.25) is 4.79 Å². The summed E-state index contributed by atoms with van der Waals surface area (Å²) in [5.41, 5.74) is 1.75. The maximum atomic E-state index is 12.7. The second-order valence-corrected chi connectivity index (χ2v) is 6.49. The average molecular weight is 342 g/mol. The molecular formula is C17H21F3N2O2. The third-order valence-electron chi connectivity index (χ3n) is 4.85. The normalized spacial score (nSPS) is 22.2. The van der Waals surface area contributed by atoms with Crippen molar-refractivity contribution in [3.8, 4) is 0 Å². The first-order valence-electron chi connectivity index (χ1n) is 8.22. The van der Waals surface area contributed by atoms with E-state index in [0.29, 0.717) is 19.5 Å². The zero-order valence-electron chi connectivity index (χ0n) is 13.3. The summed E-state index contributed by atoms with van der Waals surface area (Å²) >= 11 is 0. The third kappa shape index (κ3) is 3.50. The Hall–Kier alpha value is -1.76. The maximum absolute atomic E-state index is 12.7. The number of aliphatic hydroxyl groups excluding tert-OH is 1. The van der Waals surface area contributed by atoms with Gasteiger partial charge in [0.05, 0.1) is 6.54 Å². The highest BCUT2D eigenvalue weighted by atomic mass is 19.4. The van der Waals surface area contributed by atoms with Gasteiger partial charge in [0.2, 0.25) is 5.91 Å². The molecule has 0 aromatic heterocycles. The highest BCUT2D eigenvalue weighted by molar-refractivity contribution is 5.78. The minimum Gasteiger partial charge on any atom is -0.382 e. The smallest absolute Gasteiger partial charge is 0.382 e. The molecule has 0 unspecified atom stereocenters. The van der Waals surface area contributed by atoms with Gasteiger partial charge in [0.25, 0.3) is 0 Å². The summed E-state index contributed by atoms with van der Waals surface area (Å²) in [6.45, 7) is 1.38. The van der Waals surface area contributed by atoms with Crippen LogP contribution in [0.15, 0.2) is 24.3 Å². The molecule has 4 nitrogen and oxygen atoms in total. The van der Waals surface area contributed by atoms with Crippen LogP contribution in [-0.2, 0) is 4.79 Å². The van der Waals surface area contributed by atoms with Gasteiger partial charge in [0, 0.05) is 37.7 Å². The molecular weight excluding hydrogens is 321 g/mol. The van der Waals surface area contributed by atoms with Gasteiger partial charge in [-0.1, -0.05) is 18.2 Å². The summed E-state index contributed by atoms with van der Waals surface area (Å²) in [4.78, 5) is 15.1. The monoisotopic (exact) mass is 342 g/mol. The number of benzene rings is 1. The molecule has 2 heterocycles. The van der Waals surface area contributed by atoms with Crippen LogP contribution in [0.5, 0.6) is 0 Å². The van der Waals surface area contributed by atoms with Gasteiger partial charge >= 0.3 is 6.18 Å². The molecule has 7 heteroatoms. The van der Waals surface area contributed by atoms with E-state index >= 15 is 0 Å². The Balaban J connectivity index is 1.68. The molecule has 0 saturated carbocycles. The molecule has 0 spiro atoms. The fourth-order valence-corrected chi connectivity index (χ4v) is 3.57. The van der Waals surface area contributed by atoms with E-state index in [1.54, 1.807) is 17.0 Å². The van der Waals surface area contributed by atoms with Crippen LogP contribution in [-0.4, -0.2) is 54.4 Å². The van der Waals surface area contributed by atoms with Crippen molar-refractivity contribution in [1.82, 2.24) is 4.90 Å². The maximum Gasteiger partial charge on any atom is 0.416 e. The van der Waals surface area contributed by atoms with Crippen LogP contribution >= 0.6 is 0 Å². The second-order valence-electron chi connectivity index (χ2n) is 6.49. The Labute approximate surface area is 138 Å². The summed E-state index contributed by atoms with van der Waals surface area (Å²) in [5, 5.41) is 9.38. The molecule has 0 aliphatic carbocycles. The van der Waals surface area contributed by atoms with Crippen LogP contribution in [0.3, 0.4) is 0 Å². The van der Waals surface area contributed by atoms with Gasteiger partial charge in [-0.15, -0.1) is 0 Å². The number of rotatable bonds is 5. The molecule has 1 aromatic rings. The average Bonchev–Trinajstić information content (AvgIpc) is 3.09. The standard InChI is InChI=1S/C17H21F3N2O2/c18-17(19,20)15(23)11-22-10-12(13-4-1-2-5-14(13)22)7-9-21-8-3-6-16(21)24/h1-2,4-5,12,15,23H,3,6-11H2/t12-,15-/m1/s1. The zero-order chi connectivity index (χ0) is 17.3. The molecule has 2 aliphatic rings. The number of hydrogen-bond donors (Lipinski definition) is 1. The first-order valence-corrected chi connectivity index (χ1v) is 8.22.